The zero-order chi connectivity index (χ0) is 8.72. The second kappa shape index (κ2) is 2.10. The Balaban J connectivity index is 2.94. The average Bonchev–Trinajstić information content (AvgIpc) is 2.48. The zero-order valence-corrected chi connectivity index (χ0v) is 6.52. The van der Waals surface area contributed by atoms with Crippen molar-refractivity contribution in [3.63, 3.8) is 0 Å². The van der Waals surface area contributed by atoms with Crippen molar-refractivity contribution in [3.8, 4) is 5.88 Å². The normalized spacial score (nSPS) is 10.8. The van der Waals surface area contributed by atoms with E-state index in [0.717, 1.165) is 0 Å². The molecule has 2 rings (SSSR count). The Morgan fingerprint density at radius 2 is 2.33 bits per heavy atom. The predicted octanol–water partition coefficient (Wildman–Crippen LogP) is 0.326. The molecule has 0 atom stereocenters. The Morgan fingerprint density at radius 3 is 3.08 bits per heavy atom. The largest absolute Gasteiger partial charge is 0.492 e. The lowest BCUT2D eigenvalue weighted by Gasteiger charge is -2.03. The van der Waals surface area contributed by atoms with Gasteiger partial charge in [-0.25, -0.2) is 4.98 Å². The molecule has 0 fully saturated rings. The van der Waals surface area contributed by atoms with Gasteiger partial charge >= 0.3 is 0 Å². The maximum atomic E-state index is 9.46. The standard InChI is InChI=1S/C7H8N4O/c1-4-6(8)7(12)11-5(10-4)2-3-9-11/h2-3,12H,8H2,1H3. The van der Waals surface area contributed by atoms with Crippen molar-refractivity contribution in [1.29, 1.82) is 0 Å². The Hall–Kier alpha value is -1.78. The van der Waals surface area contributed by atoms with Crippen LogP contribution in [0.3, 0.4) is 0 Å². The first-order valence-electron chi connectivity index (χ1n) is 3.49. The van der Waals surface area contributed by atoms with Gasteiger partial charge in [0.15, 0.2) is 5.65 Å². The van der Waals surface area contributed by atoms with Gasteiger partial charge in [0, 0.05) is 6.07 Å². The van der Waals surface area contributed by atoms with Gasteiger partial charge in [-0.15, -0.1) is 0 Å². The number of hydrogen-bond donors (Lipinski definition) is 2. The Labute approximate surface area is 68.5 Å². The topological polar surface area (TPSA) is 76.4 Å². The van der Waals surface area contributed by atoms with E-state index in [0.29, 0.717) is 11.3 Å². The summed E-state index contributed by atoms with van der Waals surface area (Å²) in [7, 11) is 0. The molecule has 5 nitrogen and oxygen atoms in total. The Kier molecular flexibility index (Phi) is 1.21. The SMILES string of the molecule is Cc1nc2ccnn2c(O)c1N. The molecule has 12 heavy (non-hydrogen) atoms. The number of nitrogens with zero attached hydrogens (tertiary/aromatic N) is 3. The summed E-state index contributed by atoms with van der Waals surface area (Å²) in [6.07, 6.45) is 1.56. The molecule has 62 valence electrons. The van der Waals surface area contributed by atoms with Crippen molar-refractivity contribution in [3.05, 3.63) is 18.0 Å². The van der Waals surface area contributed by atoms with Crippen LogP contribution in [0.4, 0.5) is 5.69 Å². The minimum Gasteiger partial charge on any atom is -0.492 e. The van der Waals surface area contributed by atoms with Crippen molar-refractivity contribution < 1.29 is 5.11 Å². The van der Waals surface area contributed by atoms with E-state index in [1.54, 1.807) is 19.2 Å². The molecule has 2 heterocycles. The lowest BCUT2D eigenvalue weighted by molar-refractivity contribution is 0.438. The fourth-order valence-electron chi connectivity index (χ4n) is 1.05. The molecule has 0 radical (unpaired) electrons. The molecule has 0 amide bonds. The molecule has 2 aromatic rings. The zero-order valence-electron chi connectivity index (χ0n) is 6.52. The third-order valence-electron chi connectivity index (χ3n) is 1.74. The second-order valence-electron chi connectivity index (χ2n) is 2.54. The molecule has 2 aromatic heterocycles. The highest BCUT2D eigenvalue weighted by atomic mass is 16.3. The highest BCUT2D eigenvalue weighted by molar-refractivity contribution is 5.56. The number of aryl methyl sites for hydroxylation is 1. The smallest absolute Gasteiger partial charge is 0.239 e. The summed E-state index contributed by atoms with van der Waals surface area (Å²) in [5.74, 6) is -0.0532. The van der Waals surface area contributed by atoms with E-state index in [2.05, 4.69) is 10.1 Å². The van der Waals surface area contributed by atoms with Gasteiger partial charge in [0.2, 0.25) is 5.88 Å². The van der Waals surface area contributed by atoms with E-state index >= 15 is 0 Å². The molecule has 3 N–H and O–H groups in total. The van der Waals surface area contributed by atoms with Crippen LogP contribution in [0, 0.1) is 6.92 Å². The number of hydrogen-bond acceptors (Lipinski definition) is 4. The molecule has 0 saturated heterocycles. The molecule has 0 unspecified atom stereocenters. The summed E-state index contributed by atoms with van der Waals surface area (Å²) in [5.41, 5.74) is 7.01. The van der Waals surface area contributed by atoms with E-state index < -0.39 is 0 Å². The van der Waals surface area contributed by atoms with Gasteiger partial charge < -0.3 is 10.8 Å². The van der Waals surface area contributed by atoms with E-state index in [1.807, 2.05) is 0 Å². The Morgan fingerprint density at radius 1 is 1.58 bits per heavy atom. The number of nitrogens with two attached hydrogens (primary N) is 1. The van der Waals surface area contributed by atoms with E-state index in [4.69, 9.17) is 5.73 Å². The van der Waals surface area contributed by atoms with Crippen LogP contribution in [0.2, 0.25) is 0 Å². The number of nitrogen functional groups attached to an aromatic ring is 1. The molecule has 0 aliphatic rings. The minimum absolute atomic E-state index is 0.0532. The van der Waals surface area contributed by atoms with Gasteiger partial charge in [0.05, 0.1) is 11.9 Å². The molecule has 0 aliphatic heterocycles. The van der Waals surface area contributed by atoms with Crippen LogP contribution in [0.15, 0.2) is 12.3 Å². The molecular formula is C7H8N4O. The van der Waals surface area contributed by atoms with Crippen LogP contribution >= 0.6 is 0 Å². The van der Waals surface area contributed by atoms with E-state index in [9.17, 15) is 5.11 Å². The third-order valence-corrected chi connectivity index (χ3v) is 1.74. The van der Waals surface area contributed by atoms with Crippen molar-refractivity contribution in [2.75, 3.05) is 5.73 Å². The summed E-state index contributed by atoms with van der Waals surface area (Å²) >= 11 is 0. The summed E-state index contributed by atoms with van der Waals surface area (Å²) in [6, 6.07) is 1.70. The predicted molar refractivity (Wildman–Crippen MR) is 43.8 cm³/mol. The molecule has 0 aliphatic carbocycles. The fourth-order valence-corrected chi connectivity index (χ4v) is 1.05. The van der Waals surface area contributed by atoms with Crippen LogP contribution in [-0.2, 0) is 0 Å². The third kappa shape index (κ3) is 0.730. The van der Waals surface area contributed by atoms with Gasteiger partial charge in [-0.1, -0.05) is 0 Å². The molecular weight excluding hydrogens is 156 g/mol. The van der Waals surface area contributed by atoms with Gasteiger partial charge in [0.1, 0.15) is 5.69 Å². The second-order valence-corrected chi connectivity index (χ2v) is 2.54. The monoisotopic (exact) mass is 164 g/mol. The molecule has 0 bridgehead atoms. The summed E-state index contributed by atoms with van der Waals surface area (Å²) in [4.78, 5) is 4.11. The number of fused-ring (bicyclic) bond motifs is 1. The van der Waals surface area contributed by atoms with Crippen molar-refractivity contribution in [2.24, 2.45) is 0 Å². The fraction of sp³-hybridized carbons (Fsp3) is 0.143. The highest BCUT2D eigenvalue weighted by Crippen LogP contribution is 2.22. The summed E-state index contributed by atoms with van der Waals surface area (Å²) in [6.45, 7) is 1.74. The van der Waals surface area contributed by atoms with Crippen molar-refractivity contribution in [2.45, 2.75) is 6.92 Å². The first kappa shape index (κ1) is 6.90. The molecule has 0 aromatic carbocycles. The molecule has 0 saturated carbocycles. The quantitative estimate of drug-likeness (QED) is 0.588. The first-order chi connectivity index (χ1) is 5.70. The van der Waals surface area contributed by atoms with Gasteiger partial charge in [0.25, 0.3) is 0 Å². The number of anilines is 1. The first-order valence-corrected chi connectivity index (χ1v) is 3.49. The maximum absolute atomic E-state index is 9.46. The Bertz CT molecular complexity index is 434. The lowest BCUT2D eigenvalue weighted by Crippen LogP contribution is -2.00. The molecule has 5 heteroatoms. The van der Waals surface area contributed by atoms with E-state index in [-0.39, 0.29) is 11.6 Å². The van der Waals surface area contributed by atoms with Gasteiger partial charge in [-0.3, -0.25) is 0 Å². The van der Waals surface area contributed by atoms with Crippen LogP contribution < -0.4 is 5.73 Å². The molecule has 0 spiro atoms. The highest BCUT2D eigenvalue weighted by Gasteiger charge is 2.07. The van der Waals surface area contributed by atoms with E-state index in [1.165, 1.54) is 4.52 Å². The number of aromatic nitrogens is 3. The minimum atomic E-state index is -0.0532. The van der Waals surface area contributed by atoms with Crippen LogP contribution in [0.1, 0.15) is 5.69 Å². The van der Waals surface area contributed by atoms with Crippen LogP contribution in [-0.4, -0.2) is 19.7 Å². The van der Waals surface area contributed by atoms with Gasteiger partial charge in [-0.05, 0) is 6.92 Å². The summed E-state index contributed by atoms with van der Waals surface area (Å²) < 4.78 is 1.29. The van der Waals surface area contributed by atoms with Crippen LogP contribution in [0.5, 0.6) is 5.88 Å². The maximum Gasteiger partial charge on any atom is 0.239 e. The average molecular weight is 164 g/mol. The summed E-state index contributed by atoms with van der Waals surface area (Å²) in [5, 5.41) is 13.3. The lowest BCUT2D eigenvalue weighted by atomic mass is 10.4. The number of rotatable bonds is 0. The van der Waals surface area contributed by atoms with Crippen LogP contribution in [0.25, 0.3) is 5.65 Å². The van der Waals surface area contributed by atoms with Crippen molar-refractivity contribution >= 4 is 11.3 Å². The van der Waals surface area contributed by atoms with Gasteiger partial charge in [-0.2, -0.15) is 9.61 Å². The number of aromatic hydroxyl groups is 1. The van der Waals surface area contributed by atoms with Crippen molar-refractivity contribution in [1.82, 2.24) is 14.6 Å².